The van der Waals surface area contributed by atoms with E-state index < -0.39 is 0 Å². The van der Waals surface area contributed by atoms with Gasteiger partial charge in [0, 0.05) is 6.42 Å². The smallest absolute Gasteiger partial charge is 0.122 e. The van der Waals surface area contributed by atoms with Crippen LogP contribution in [0.2, 0.25) is 0 Å². The maximum absolute atomic E-state index is 10.3. The van der Waals surface area contributed by atoms with Crippen LogP contribution >= 0.6 is 0 Å². The van der Waals surface area contributed by atoms with Gasteiger partial charge in [-0.05, 0) is 34.6 Å². The first-order chi connectivity index (χ1) is 10.4. The van der Waals surface area contributed by atoms with Gasteiger partial charge in [-0.25, -0.2) is 0 Å². The van der Waals surface area contributed by atoms with Crippen LogP contribution < -0.4 is 0 Å². The fourth-order valence-corrected chi connectivity index (χ4v) is 3.01. The summed E-state index contributed by atoms with van der Waals surface area (Å²) in [6.45, 7) is 8.36. The summed E-state index contributed by atoms with van der Waals surface area (Å²) < 4.78 is 5.84. The van der Waals surface area contributed by atoms with Gasteiger partial charge in [0.2, 0.25) is 0 Å². The van der Waals surface area contributed by atoms with Crippen LogP contribution in [0.5, 0.6) is 5.75 Å². The third-order valence-corrected chi connectivity index (χ3v) is 4.32. The lowest BCUT2D eigenvalue weighted by Crippen LogP contribution is -2.13. The highest BCUT2D eigenvalue weighted by molar-refractivity contribution is 5.46. The van der Waals surface area contributed by atoms with Gasteiger partial charge >= 0.3 is 0 Å². The summed E-state index contributed by atoms with van der Waals surface area (Å²) in [6, 6.07) is 14.6. The minimum Gasteiger partial charge on any atom is -0.507 e. The summed E-state index contributed by atoms with van der Waals surface area (Å²) in [5.74, 6) is 0.424. The lowest BCUT2D eigenvalue weighted by molar-refractivity contribution is 0.372. The van der Waals surface area contributed by atoms with E-state index in [2.05, 4.69) is 57.2 Å². The Balaban J connectivity index is 1.79. The number of rotatable bonds is 3. The van der Waals surface area contributed by atoms with E-state index in [1.165, 1.54) is 11.1 Å². The molecule has 22 heavy (non-hydrogen) atoms. The average Bonchev–Trinajstić information content (AvgIpc) is 3.21. The molecule has 2 aromatic rings. The minimum absolute atomic E-state index is 0.0614. The number of aromatic hydroxyl groups is 1. The molecule has 2 unspecified atom stereocenters. The summed E-state index contributed by atoms with van der Waals surface area (Å²) >= 11 is 0. The number of hydrogen-bond acceptors (Lipinski definition) is 2. The number of phenolic OH excluding ortho intramolecular Hbond substituents is 1. The number of epoxide rings is 1. The molecule has 1 heterocycles. The average molecular weight is 296 g/mol. The van der Waals surface area contributed by atoms with Crippen LogP contribution in [0.1, 0.15) is 49.1 Å². The quantitative estimate of drug-likeness (QED) is 0.834. The van der Waals surface area contributed by atoms with Crippen molar-refractivity contribution >= 4 is 0 Å². The van der Waals surface area contributed by atoms with E-state index in [9.17, 15) is 5.11 Å². The largest absolute Gasteiger partial charge is 0.507 e. The van der Waals surface area contributed by atoms with E-state index in [1.54, 1.807) is 0 Å². The van der Waals surface area contributed by atoms with Crippen LogP contribution in [0.15, 0.2) is 42.5 Å². The molecule has 1 saturated heterocycles. The zero-order chi connectivity index (χ0) is 15.9. The van der Waals surface area contributed by atoms with Crippen molar-refractivity contribution in [3.05, 3.63) is 64.7 Å². The van der Waals surface area contributed by atoms with Crippen molar-refractivity contribution in [3.8, 4) is 5.75 Å². The molecule has 2 aromatic carbocycles. The van der Waals surface area contributed by atoms with Crippen LogP contribution in [0.4, 0.5) is 0 Å². The van der Waals surface area contributed by atoms with Gasteiger partial charge in [0.05, 0.1) is 6.10 Å². The SMILES string of the molecule is Cc1cc(CC2OC2c2ccccc2)cc(C(C)(C)C)c1O. The van der Waals surface area contributed by atoms with Crippen LogP contribution in [0.25, 0.3) is 0 Å². The Kier molecular flexibility index (Phi) is 3.73. The lowest BCUT2D eigenvalue weighted by atomic mass is 9.83. The van der Waals surface area contributed by atoms with Gasteiger partial charge in [-0.15, -0.1) is 0 Å². The molecule has 0 saturated carbocycles. The van der Waals surface area contributed by atoms with Crippen molar-refractivity contribution in [1.29, 1.82) is 0 Å². The van der Waals surface area contributed by atoms with E-state index in [0.29, 0.717) is 5.75 Å². The van der Waals surface area contributed by atoms with Crippen molar-refractivity contribution in [3.63, 3.8) is 0 Å². The van der Waals surface area contributed by atoms with Crippen LogP contribution in [-0.2, 0) is 16.6 Å². The zero-order valence-corrected chi connectivity index (χ0v) is 13.8. The van der Waals surface area contributed by atoms with Gasteiger partial charge in [-0.1, -0.05) is 63.2 Å². The third-order valence-electron chi connectivity index (χ3n) is 4.32. The first kappa shape index (κ1) is 15.1. The maximum Gasteiger partial charge on any atom is 0.122 e. The van der Waals surface area contributed by atoms with Gasteiger partial charge in [0.25, 0.3) is 0 Å². The Morgan fingerprint density at radius 3 is 2.41 bits per heavy atom. The lowest BCUT2D eigenvalue weighted by Gasteiger charge is -2.22. The Morgan fingerprint density at radius 2 is 1.77 bits per heavy atom. The molecule has 2 heteroatoms. The molecule has 0 spiro atoms. The Bertz CT molecular complexity index is 668. The molecule has 1 N–H and O–H groups in total. The van der Waals surface area contributed by atoms with Gasteiger partial charge in [-0.3, -0.25) is 0 Å². The molecule has 1 aliphatic heterocycles. The molecule has 0 amide bonds. The predicted molar refractivity (Wildman–Crippen MR) is 89.3 cm³/mol. The van der Waals surface area contributed by atoms with E-state index in [0.717, 1.165) is 17.5 Å². The summed E-state index contributed by atoms with van der Waals surface area (Å²) in [6.07, 6.45) is 1.36. The second-order valence-electron chi connectivity index (χ2n) is 7.27. The molecule has 2 atom stereocenters. The topological polar surface area (TPSA) is 32.8 Å². The highest BCUT2D eigenvalue weighted by Crippen LogP contribution is 2.42. The summed E-state index contributed by atoms with van der Waals surface area (Å²) in [4.78, 5) is 0. The number of aryl methyl sites for hydroxylation is 1. The molecule has 1 fully saturated rings. The second kappa shape index (κ2) is 5.44. The van der Waals surface area contributed by atoms with Crippen molar-refractivity contribution in [1.82, 2.24) is 0 Å². The standard InChI is InChI=1S/C20H24O2/c1-13-10-14(11-16(18(13)21)20(2,3)4)12-17-19(22-17)15-8-6-5-7-9-15/h5-11,17,19,21H,12H2,1-4H3. The molecule has 0 bridgehead atoms. The molecule has 1 aliphatic rings. The first-order valence-corrected chi connectivity index (χ1v) is 7.89. The van der Waals surface area contributed by atoms with Gasteiger partial charge in [0.1, 0.15) is 11.9 Å². The van der Waals surface area contributed by atoms with Crippen LogP contribution in [-0.4, -0.2) is 11.2 Å². The molecular formula is C20H24O2. The van der Waals surface area contributed by atoms with Crippen LogP contribution in [0, 0.1) is 6.92 Å². The number of hydrogen-bond donors (Lipinski definition) is 1. The Morgan fingerprint density at radius 1 is 1.09 bits per heavy atom. The van der Waals surface area contributed by atoms with Crippen molar-refractivity contribution < 1.29 is 9.84 Å². The van der Waals surface area contributed by atoms with Gasteiger partial charge < -0.3 is 9.84 Å². The molecular weight excluding hydrogens is 272 g/mol. The Labute approximate surface area is 132 Å². The van der Waals surface area contributed by atoms with Crippen LogP contribution in [0.3, 0.4) is 0 Å². The molecule has 3 rings (SSSR count). The molecule has 116 valence electrons. The van der Waals surface area contributed by atoms with Crippen molar-refractivity contribution in [2.45, 2.75) is 51.7 Å². The zero-order valence-electron chi connectivity index (χ0n) is 13.8. The molecule has 0 aliphatic carbocycles. The predicted octanol–water partition coefficient (Wildman–Crippen LogP) is 4.68. The van der Waals surface area contributed by atoms with E-state index >= 15 is 0 Å². The monoisotopic (exact) mass is 296 g/mol. The van der Waals surface area contributed by atoms with Gasteiger partial charge in [0.15, 0.2) is 0 Å². The van der Waals surface area contributed by atoms with E-state index in [1.807, 2.05) is 13.0 Å². The van der Waals surface area contributed by atoms with Gasteiger partial charge in [-0.2, -0.15) is 0 Å². The molecule has 0 radical (unpaired) electrons. The molecule has 2 nitrogen and oxygen atoms in total. The summed E-state index contributed by atoms with van der Waals surface area (Å²) in [5, 5.41) is 10.3. The number of benzene rings is 2. The van der Waals surface area contributed by atoms with E-state index in [-0.39, 0.29) is 17.6 Å². The normalized spacial score (nSPS) is 20.9. The first-order valence-electron chi connectivity index (χ1n) is 7.89. The van der Waals surface area contributed by atoms with Crippen molar-refractivity contribution in [2.24, 2.45) is 0 Å². The highest BCUT2D eigenvalue weighted by Gasteiger charge is 2.40. The maximum atomic E-state index is 10.3. The number of ether oxygens (including phenoxy) is 1. The highest BCUT2D eigenvalue weighted by atomic mass is 16.6. The summed E-state index contributed by atoms with van der Waals surface area (Å²) in [5.41, 5.74) is 4.38. The van der Waals surface area contributed by atoms with E-state index in [4.69, 9.17) is 4.74 Å². The Hall–Kier alpha value is -1.80. The fraction of sp³-hybridized carbons (Fsp3) is 0.400. The minimum atomic E-state index is -0.0614. The van der Waals surface area contributed by atoms with Crippen molar-refractivity contribution in [2.75, 3.05) is 0 Å². The third kappa shape index (κ3) is 3.02. The summed E-state index contributed by atoms with van der Waals surface area (Å²) in [7, 11) is 0. The second-order valence-corrected chi connectivity index (χ2v) is 7.27. The molecule has 0 aromatic heterocycles. The number of phenols is 1. The fourth-order valence-electron chi connectivity index (χ4n) is 3.01.